The van der Waals surface area contributed by atoms with Gasteiger partial charge in [-0.3, -0.25) is 19.8 Å². The first-order valence-electron chi connectivity index (χ1n) is 7.40. The Morgan fingerprint density at radius 2 is 1.70 bits per heavy atom. The lowest BCUT2D eigenvalue weighted by Crippen LogP contribution is -2.47. The van der Waals surface area contributed by atoms with Crippen LogP contribution < -0.4 is 10.6 Å². The summed E-state index contributed by atoms with van der Waals surface area (Å²) in [7, 11) is 4.99. The molecule has 23 heavy (non-hydrogen) atoms. The van der Waals surface area contributed by atoms with Gasteiger partial charge in [-0.25, -0.2) is 4.79 Å². The van der Waals surface area contributed by atoms with Crippen molar-refractivity contribution in [2.75, 3.05) is 34.2 Å². The van der Waals surface area contributed by atoms with Gasteiger partial charge in [-0.2, -0.15) is 0 Å². The minimum absolute atomic E-state index is 0.0649. The van der Waals surface area contributed by atoms with Crippen LogP contribution >= 0.6 is 0 Å². The standard InChI is InChI=1S/C16H24N4O3/c1-5-17-16(23)18-15(22)14(12-9-7-6-8-10-12)20(4)11-13(21)19(2)3/h6-10,14H,5,11H2,1-4H3,(H2,17,18,22,23)/t14-/m0/s1. The van der Waals surface area contributed by atoms with Crippen LogP contribution in [0.5, 0.6) is 0 Å². The van der Waals surface area contributed by atoms with Crippen molar-refractivity contribution in [1.82, 2.24) is 20.4 Å². The van der Waals surface area contributed by atoms with Crippen LogP contribution in [0, 0.1) is 0 Å². The zero-order valence-electron chi connectivity index (χ0n) is 14.0. The number of benzene rings is 1. The van der Waals surface area contributed by atoms with Crippen LogP contribution in [0.15, 0.2) is 30.3 Å². The topological polar surface area (TPSA) is 81.8 Å². The molecule has 0 aliphatic carbocycles. The summed E-state index contributed by atoms with van der Waals surface area (Å²) in [6, 6.07) is 7.75. The molecule has 0 aliphatic heterocycles. The lowest BCUT2D eigenvalue weighted by molar-refractivity contribution is -0.132. The highest BCUT2D eigenvalue weighted by Gasteiger charge is 2.28. The number of urea groups is 1. The van der Waals surface area contributed by atoms with Crippen molar-refractivity contribution in [3.05, 3.63) is 35.9 Å². The van der Waals surface area contributed by atoms with Crippen molar-refractivity contribution >= 4 is 17.8 Å². The average molecular weight is 320 g/mol. The fraction of sp³-hybridized carbons (Fsp3) is 0.438. The van der Waals surface area contributed by atoms with Crippen LogP contribution in [0.1, 0.15) is 18.5 Å². The molecular weight excluding hydrogens is 296 g/mol. The molecule has 7 nitrogen and oxygen atoms in total. The summed E-state index contributed by atoms with van der Waals surface area (Å²) < 4.78 is 0. The first kappa shape index (κ1) is 18.6. The Morgan fingerprint density at radius 1 is 1.09 bits per heavy atom. The number of amides is 4. The molecule has 1 atom stereocenters. The number of imide groups is 1. The summed E-state index contributed by atoms with van der Waals surface area (Å²) in [5.74, 6) is -0.601. The highest BCUT2D eigenvalue weighted by molar-refractivity contribution is 5.97. The van der Waals surface area contributed by atoms with Gasteiger partial charge in [0.25, 0.3) is 0 Å². The molecule has 2 N–H and O–H groups in total. The summed E-state index contributed by atoms with van der Waals surface area (Å²) in [5.41, 5.74) is 0.711. The number of hydrogen-bond donors (Lipinski definition) is 2. The fourth-order valence-electron chi connectivity index (χ4n) is 2.07. The summed E-state index contributed by atoms with van der Waals surface area (Å²) >= 11 is 0. The Kier molecular flexibility index (Phi) is 7.21. The normalized spacial score (nSPS) is 11.7. The van der Waals surface area contributed by atoms with Crippen LogP contribution in [0.2, 0.25) is 0 Å². The first-order valence-corrected chi connectivity index (χ1v) is 7.40. The maximum atomic E-state index is 12.5. The minimum Gasteiger partial charge on any atom is -0.348 e. The largest absolute Gasteiger partial charge is 0.348 e. The quantitative estimate of drug-likeness (QED) is 0.804. The summed E-state index contributed by atoms with van der Waals surface area (Å²) in [4.78, 5) is 39.1. The molecule has 0 saturated carbocycles. The van der Waals surface area contributed by atoms with E-state index in [0.717, 1.165) is 0 Å². The predicted octanol–water partition coefficient (Wildman–Crippen LogP) is 0.593. The summed E-state index contributed by atoms with van der Waals surface area (Å²) in [6.45, 7) is 2.25. The van der Waals surface area contributed by atoms with Crippen LogP contribution in [0.25, 0.3) is 0 Å². The van der Waals surface area contributed by atoms with Gasteiger partial charge in [0.1, 0.15) is 6.04 Å². The van der Waals surface area contributed by atoms with Crippen molar-refractivity contribution in [2.24, 2.45) is 0 Å². The van der Waals surface area contributed by atoms with E-state index in [1.165, 1.54) is 4.90 Å². The molecule has 0 aliphatic rings. The second kappa shape index (κ2) is 8.89. The smallest absolute Gasteiger partial charge is 0.321 e. The SMILES string of the molecule is CCNC(=O)NC(=O)[C@H](c1ccccc1)N(C)CC(=O)N(C)C. The van der Waals surface area contributed by atoms with E-state index in [-0.39, 0.29) is 12.5 Å². The molecule has 0 radical (unpaired) electrons. The Hall–Kier alpha value is -2.41. The van der Waals surface area contributed by atoms with Crippen molar-refractivity contribution in [2.45, 2.75) is 13.0 Å². The van der Waals surface area contributed by atoms with Crippen LogP contribution in [0.4, 0.5) is 4.79 Å². The van der Waals surface area contributed by atoms with Gasteiger partial charge in [0.2, 0.25) is 11.8 Å². The van der Waals surface area contributed by atoms with E-state index in [4.69, 9.17) is 0 Å². The second-order valence-electron chi connectivity index (χ2n) is 5.37. The fourth-order valence-corrected chi connectivity index (χ4v) is 2.07. The number of hydrogen-bond acceptors (Lipinski definition) is 4. The highest BCUT2D eigenvalue weighted by Crippen LogP contribution is 2.19. The molecule has 1 aromatic carbocycles. The Balaban J connectivity index is 2.96. The number of carbonyl (C=O) groups excluding carboxylic acids is 3. The molecule has 1 aromatic rings. The van der Waals surface area contributed by atoms with Crippen LogP contribution in [-0.4, -0.2) is 61.9 Å². The van der Waals surface area contributed by atoms with Gasteiger partial charge in [0.05, 0.1) is 6.54 Å². The van der Waals surface area contributed by atoms with E-state index in [1.807, 2.05) is 18.2 Å². The van der Waals surface area contributed by atoms with Crippen molar-refractivity contribution in [1.29, 1.82) is 0 Å². The monoisotopic (exact) mass is 320 g/mol. The minimum atomic E-state index is -0.734. The second-order valence-corrected chi connectivity index (χ2v) is 5.37. The van der Waals surface area contributed by atoms with Crippen molar-refractivity contribution in [3.63, 3.8) is 0 Å². The van der Waals surface area contributed by atoms with Gasteiger partial charge < -0.3 is 10.2 Å². The zero-order valence-corrected chi connectivity index (χ0v) is 14.0. The molecule has 0 fully saturated rings. The lowest BCUT2D eigenvalue weighted by Gasteiger charge is -2.27. The molecule has 126 valence electrons. The van der Waals surface area contributed by atoms with E-state index >= 15 is 0 Å². The maximum Gasteiger partial charge on any atom is 0.321 e. The molecule has 1 rings (SSSR count). The van der Waals surface area contributed by atoms with Gasteiger partial charge in [-0.15, -0.1) is 0 Å². The zero-order chi connectivity index (χ0) is 17.4. The summed E-state index contributed by atoms with van der Waals surface area (Å²) in [6.07, 6.45) is 0. The van der Waals surface area contributed by atoms with Crippen molar-refractivity contribution < 1.29 is 14.4 Å². The molecule has 7 heteroatoms. The average Bonchev–Trinajstić information content (AvgIpc) is 2.48. The summed E-state index contributed by atoms with van der Waals surface area (Å²) in [5, 5.41) is 4.82. The van der Waals surface area contributed by atoms with Gasteiger partial charge in [0, 0.05) is 20.6 Å². The maximum absolute atomic E-state index is 12.5. The van der Waals surface area contributed by atoms with Gasteiger partial charge in [-0.1, -0.05) is 30.3 Å². The van der Waals surface area contributed by atoms with E-state index < -0.39 is 18.0 Å². The molecule has 0 heterocycles. The third kappa shape index (κ3) is 5.71. The Bertz CT molecular complexity index is 546. The van der Waals surface area contributed by atoms with E-state index in [0.29, 0.717) is 12.1 Å². The first-order chi connectivity index (χ1) is 10.9. The van der Waals surface area contributed by atoms with Crippen molar-refractivity contribution in [3.8, 4) is 0 Å². The third-order valence-electron chi connectivity index (χ3n) is 3.26. The van der Waals surface area contributed by atoms with Gasteiger partial charge in [0.15, 0.2) is 0 Å². The number of rotatable bonds is 6. The third-order valence-corrected chi connectivity index (χ3v) is 3.26. The molecule has 4 amide bonds. The van der Waals surface area contributed by atoms with Gasteiger partial charge in [-0.05, 0) is 19.5 Å². The van der Waals surface area contributed by atoms with Crippen LogP contribution in [0.3, 0.4) is 0 Å². The number of carbonyl (C=O) groups is 3. The Labute approximate surface area is 136 Å². The molecular formula is C16H24N4O3. The Morgan fingerprint density at radius 3 is 2.22 bits per heavy atom. The van der Waals surface area contributed by atoms with E-state index in [9.17, 15) is 14.4 Å². The van der Waals surface area contributed by atoms with E-state index in [1.54, 1.807) is 45.1 Å². The molecule has 0 saturated heterocycles. The predicted molar refractivity (Wildman–Crippen MR) is 87.7 cm³/mol. The highest BCUT2D eigenvalue weighted by atomic mass is 16.2. The molecule has 0 unspecified atom stereocenters. The lowest BCUT2D eigenvalue weighted by atomic mass is 10.0. The number of likely N-dealkylation sites (N-methyl/N-ethyl adjacent to an activating group) is 2. The number of nitrogens with one attached hydrogen (secondary N) is 2. The molecule has 0 aromatic heterocycles. The molecule has 0 bridgehead atoms. The van der Waals surface area contributed by atoms with Gasteiger partial charge >= 0.3 is 6.03 Å². The number of nitrogens with zero attached hydrogens (tertiary/aromatic N) is 2. The van der Waals surface area contributed by atoms with Crippen LogP contribution in [-0.2, 0) is 9.59 Å². The van der Waals surface area contributed by atoms with E-state index in [2.05, 4.69) is 10.6 Å². The molecule has 0 spiro atoms.